The second-order valence-electron chi connectivity index (χ2n) is 4.02. The maximum absolute atomic E-state index is 13.6. The van der Waals surface area contributed by atoms with Crippen LogP contribution in [0.3, 0.4) is 0 Å². The molecular formula is C13H15ClFN3. The van der Waals surface area contributed by atoms with Gasteiger partial charge in [-0.15, -0.1) is 0 Å². The van der Waals surface area contributed by atoms with E-state index in [0.29, 0.717) is 11.0 Å². The summed E-state index contributed by atoms with van der Waals surface area (Å²) in [6.07, 6.45) is 5.70. The van der Waals surface area contributed by atoms with Crippen LogP contribution in [0.25, 0.3) is 0 Å². The van der Waals surface area contributed by atoms with Crippen LogP contribution < -0.4 is 5.32 Å². The number of para-hydroxylation sites is 1. The molecule has 1 aromatic heterocycles. The topological polar surface area (TPSA) is 29.9 Å². The Morgan fingerprint density at radius 3 is 3.00 bits per heavy atom. The van der Waals surface area contributed by atoms with E-state index in [0.717, 1.165) is 19.4 Å². The minimum atomic E-state index is -0.382. The predicted octanol–water partition coefficient (Wildman–Crippen LogP) is 4.22. The molecule has 1 N–H and O–H groups in total. The molecule has 3 nitrogen and oxygen atoms in total. The van der Waals surface area contributed by atoms with Crippen LogP contribution in [0.2, 0.25) is 5.02 Å². The van der Waals surface area contributed by atoms with Gasteiger partial charge in [0.05, 0.1) is 10.7 Å². The lowest BCUT2D eigenvalue weighted by molar-refractivity contribution is 0.626. The van der Waals surface area contributed by atoms with Crippen molar-refractivity contribution in [2.75, 3.05) is 5.32 Å². The molecule has 0 radical (unpaired) electrons. The van der Waals surface area contributed by atoms with Crippen molar-refractivity contribution >= 4 is 23.2 Å². The summed E-state index contributed by atoms with van der Waals surface area (Å²) in [5, 5.41) is 3.29. The van der Waals surface area contributed by atoms with Crippen LogP contribution in [0.4, 0.5) is 16.0 Å². The Labute approximate surface area is 111 Å². The third-order valence-corrected chi connectivity index (χ3v) is 2.98. The Balaban J connectivity index is 2.21. The lowest BCUT2D eigenvalue weighted by atomic mass is 10.3. The Hall–Kier alpha value is -1.55. The molecular weight excluding hydrogens is 253 g/mol. The Morgan fingerprint density at radius 2 is 2.28 bits per heavy atom. The van der Waals surface area contributed by atoms with Crippen LogP contribution in [0, 0.1) is 5.82 Å². The van der Waals surface area contributed by atoms with Crippen molar-refractivity contribution in [3.8, 4) is 0 Å². The molecule has 0 atom stereocenters. The first-order valence-electron chi connectivity index (χ1n) is 5.94. The average molecular weight is 268 g/mol. The fourth-order valence-corrected chi connectivity index (χ4v) is 1.88. The van der Waals surface area contributed by atoms with E-state index < -0.39 is 0 Å². The van der Waals surface area contributed by atoms with Crippen molar-refractivity contribution in [1.29, 1.82) is 0 Å². The molecule has 0 unspecified atom stereocenters. The van der Waals surface area contributed by atoms with Crippen LogP contribution in [-0.4, -0.2) is 9.55 Å². The summed E-state index contributed by atoms with van der Waals surface area (Å²) in [4.78, 5) is 4.17. The van der Waals surface area contributed by atoms with Gasteiger partial charge >= 0.3 is 0 Å². The summed E-state index contributed by atoms with van der Waals surface area (Å²) in [6, 6.07) is 4.59. The molecule has 2 rings (SSSR count). The van der Waals surface area contributed by atoms with E-state index in [1.54, 1.807) is 18.3 Å². The highest BCUT2D eigenvalue weighted by molar-refractivity contribution is 6.33. The molecule has 96 valence electrons. The van der Waals surface area contributed by atoms with Gasteiger partial charge in [-0.25, -0.2) is 9.37 Å². The molecule has 0 saturated heterocycles. The van der Waals surface area contributed by atoms with Gasteiger partial charge in [0, 0.05) is 18.9 Å². The van der Waals surface area contributed by atoms with Crippen LogP contribution in [0.1, 0.15) is 19.8 Å². The van der Waals surface area contributed by atoms with Crippen molar-refractivity contribution in [1.82, 2.24) is 9.55 Å². The summed E-state index contributed by atoms with van der Waals surface area (Å²) in [6.45, 7) is 2.97. The Kier molecular flexibility index (Phi) is 4.20. The van der Waals surface area contributed by atoms with Crippen molar-refractivity contribution in [3.63, 3.8) is 0 Å². The highest BCUT2D eigenvalue weighted by atomic mass is 35.5. The maximum atomic E-state index is 13.6. The third-order valence-electron chi connectivity index (χ3n) is 2.67. The number of nitrogens with zero attached hydrogens (tertiary/aromatic N) is 2. The van der Waals surface area contributed by atoms with Crippen LogP contribution in [0.5, 0.6) is 0 Å². The molecule has 1 heterocycles. The number of benzene rings is 1. The molecule has 0 aliphatic heterocycles. The fraction of sp³-hybridized carbons (Fsp3) is 0.308. The fourth-order valence-electron chi connectivity index (χ4n) is 1.67. The number of rotatable bonds is 5. The number of hydrogen-bond donors (Lipinski definition) is 1. The Morgan fingerprint density at radius 1 is 1.44 bits per heavy atom. The zero-order valence-electron chi connectivity index (χ0n) is 10.2. The molecule has 0 fully saturated rings. The van der Waals surface area contributed by atoms with E-state index in [2.05, 4.69) is 17.2 Å². The lowest BCUT2D eigenvalue weighted by Gasteiger charge is -2.11. The van der Waals surface area contributed by atoms with Gasteiger partial charge in [-0.05, 0) is 18.6 Å². The minimum absolute atomic E-state index is 0.267. The summed E-state index contributed by atoms with van der Waals surface area (Å²) >= 11 is 5.96. The van der Waals surface area contributed by atoms with E-state index in [-0.39, 0.29) is 11.5 Å². The summed E-state index contributed by atoms with van der Waals surface area (Å²) in [5.74, 6) is 0.225. The molecule has 5 heteroatoms. The number of imidazole rings is 1. The highest BCUT2D eigenvalue weighted by Gasteiger charge is 2.09. The van der Waals surface area contributed by atoms with E-state index in [4.69, 9.17) is 11.6 Å². The predicted molar refractivity (Wildman–Crippen MR) is 71.8 cm³/mol. The number of nitrogens with one attached hydrogen (secondary N) is 1. The van der Waals surface area contributed by atoms with E-state index in [1.165, 1.54) is 6.07 Å². The molecule has 1 aromatic carbocycles. The third kappa shape index (κ3) is 2.82. The molecule has 0 spiro atoms. The van der Waals surface area contributed by atoms with Crippen LogP contribution in [0.15, 0.2) is 30.6 Å². The van der Waals surface area contributed by atoms with Gasteiger partial charge < -0.3 is 9.88 Å². The number of anilines is 2. The van der Waals surface area contributed by atoms with Gasteiger partial charge in [0.1, 0.15) is 5.82 Å². The largest absolute Gasteiger partial charge is 0.322 e. The van der Waals surface area contributed by atoms with Gasteiger partial charge in [-0.2, -0.15) is 0 Å². The molecule has 0 aliphatic carbocycles. The van der Waals surface area contributed by atoms with Gasteiger partial charge in [-0.1, -0.05) is 31.0 Å². The Bertz CT molecular complexity index is 504. The first-order valence-corrected chi connectivity index (χ1v) is 6.32. The lowest BCUT2D eigenvalue weighted by Crippen LogP contribution is -2.04. The SMILES string of the molecule is CCCCn1ccnc1Nc1c(F)cccc1Cl. The van der Waals surface area contributed by atoms with E-state index >= 15 is 0 Å². The standard InChI is InChI=1S/C13H15ClFN3/c1-2-3-8-18-9-7-16-13(18)17-12-10(14)5-4-6-11(12)15/h4-7,9H,2-3,8H2,1H3,(H,16,17). The van der Waals surface area contributed by atoms with E-state index in [1.807, 2.05) is 10.8 Å². The second kappa shape index (κ2) is 5.87. The molecule has 0 amide bonds. The van der Waals surface area contributed by atoms with Crippen LogP contribution in [-0.2, 0) is 6.54 Å². The summed E-state index contributed by atoms with van der Waals surface area (Å²) in [7, 11) is 0. The van der Waals surface area contributed by atoms with Gasteiger partial charge in [-0.3, -0.25) is 0 Å². The first kappa shape index (κ1) is 12.9. The number of halogens is 2. The minimum Gasteiger partial charge on any atom is -0.322 e. The number of hydrogen-bond acceptors (Lipinski definition) is 2. The second-order valence-corrected chi connectivity index (χ2v) is 4.43. The molecule has 2 aromatic rings. The zero-order chi connectivity index (χ0) is 13.0. The number of unbranched alkanes of at least 4 members (excludes halogenated alkanes) is 1. The van der Waals surface area contributed by atoms with Gasteiger partial charge in [0.15, 0.2) is 0 Å². The van der Waals surface area contributed by atoms with Gasteiger partial charge in [0.2, 0.25) is 5.95 Å². The van der Waals surface area contributed by atoms with Gasteiger partial charge in [0.25, 0.3) is 0 Å². The van der Waals surface area contributed by atoms with Crippen molar-refractivity contribution in [2.24, 2.45) is 0 Å². The van der Waals surface area contributed by atoms with E-state index in [9.17, 15) is 4.39 Å². The quantitative estimate of drug-likeness (QED) is 0.879. The molecule has 18 heavy (non-hydrogen) atoms. The molecule has 0 bridgehead atoms. The maximum Gasteiger partial charge on any atom is 0.207 e. The van der Waals surface area contributed by atoms with Crippen molar-refractivity contribution in [3.05, 3.63) is 41.4 Å². The summed E-state index contributed by atoms with van der Waals surface area (Å²) in [5.41, 5.74) is 0.267. The first-order chi connectivity index (χ1) is 8.72. The zero-order valence-corrected chi connectivity index (χ0v) is 10.9. The molecule has 0 saturated carbocycles. The monoisotopic (exact) mass is 267 g/mol. The van der Waals surface area contributed by atoms with Crippen molar-refractivity contribution in [2.45, 2.75) is 26.3 Å². The van der Waals surface area contributed by atoms with Crippen molar-refractivity contribution < 1.29 is 4.39 Å². The normalized spacial score (nSPS) is 10.6. The number of aryl methyl sites for hydroxylation is 1. The smallest absolute Gasteiger partial charge is 0.207 e. The summed E-state index contributed by atoms with van der Waals surface area (Å²) < 4.78 is 15.6. The highest BCUT2D eigenvalue weighted by Crippen LogP contribution is 2.27. The van der Waals surface area contributed by atoms with Crippen LogP contribution >= 0.6 is 11.6 Å². The average Bonchev–Trinajstić information content (AvgIpc) is 2.79. The number of aromatic nitrogens is 2. The molecule has 0 aliphatic rings.